The van der Waals surface area contributed by atoms with Crippen LogP contribution in [0.4, 0.5) is 10.1 Å². The van der Waals surface area contributed by atoms with Crippen molar-refractivity contribution in [2.24, 2.45) is 0 Å². The number of anilines is 1. The number of methoxy groups -OCH3 is 1. The van der Waals surface area contributed by atoms with Gasteiger partial charge in [-0.3, -0.25) is 9.69 Å². The van der Waals surface area contributed by atoms with Crippen molar-refractivity contribution < 1.29 is 28.9 Å². The predicted molar refractivity (Wildman–Crippen MR) is 144 cm³/mol. The van der Waals surface area contributed by atoms with Gasteiger partial charge in [0.15, 0.2) is 0 Å². The minimum atomic E-state index is -1.34. The number of amides is 1. The SMILES string of the molecule is COCC(=O)N1CCN(CC2(O)CCN(c3cccc(F)c3)CC2)C[C@](O)(COc2ccc(C)c(C)c2)C1. The third-order valence-corrected chi connectivity index (χ3v) is 7.68. The minimum Gasteiger partial charge on any atom is -0.490 e. The van der Waals surface area contributed by atoms with E-state index in [1.54, 1.807) is 11.0 Å². The molecule has 2 aromatic carbocycles. The van der Waals surface area contributed by atoms with Crippen LogP contribution in [0.3, 0.4) is 0 Å². The first-order chi connectivity index (χ1) is 18.1. The molecule has 38 heavy (non-hydrogen) atoms. The van der Waals surface area contributed by atoms with E-state index in [1.807, 2.05) is 43.0 Å². The fourth-order valence-corrected chi connectivity index (χ4v) is 5.35. The quantitative estimate of drug-likeness (QED) is 0.543. The van der Waals surface area contributed by atoms with Gasteiger partial charge in [0.25, 0.3) is 0 Å². The van der Waals surface area contributed by atoms with Gasteiger partial charge in [-0.15, -0.1) is 0 Å². The molecule has 2 aliphatic rings. The molecule has 0 aromatic heterocycles. The van der Waals surface area contributed by atoms with Crippen LogP contribution in [0.1, 0.15) is 24.0 Å². The molecule has 9 heteroatoms. The van der Waals surface area contributed by atoms with Gasteiger partial charge in [-0.1, -0.05) is 12.1 Å². The zero-order valence-electron chi connectivity index (χ0n) is 22.7. The second-order valence-electron chi connectivity index (χ2n) is 10.9. The Morgan fingerprint density at radius 2 is 1.74 bits per heavy atom. The van der Waals surface area contributed by atoms with E-state index in [4.69, 9.17) is 9.47 Å². The maximum atomic E-state index is 13.7. The van der Waals surface area contributed by atoms with Crippen LogP contribution in [0.25, 0.3) is 0 Å². The van der Waals surface area contributed by atoms with Crippen molar-refractivity contribution in [1.82, 2.24) is 9.80 Å². The lowest BCUT2D eigenvalue weighted by atomic mass is 9.90. The summed E-state index contributed by atoms with van der Waals surface area (Å²) in [5.41, 5.74) is 0.778. The lowest BCUT2D eigenvalue weighted by Crippen LogP contribution is -2.56. The van der Waals surface area contributed by atoms with Crippen molar-refractivity contribution in [3.05, 3.63) is 59.4 Å². The minimum absolute atomic E-state index is 0.00847. The van der Waals surface area contributed by atoms with Crippen LogP contribution in [0.2, 0.25) is 0 Å². The molecule has 0 aliphatic carbocycles. The number of rotatable bonds is 8. The first kappa shape index (κ1) is 28.3. The average molecular weight is 530 g/mol. The van der Waals surface area contributed by atoms with Crippen LogP contribution < -0.4 is 9.64 Å². The van der Waals surface area contributed by atoms with Gasteiger partial charge in [0.1, 0.15) is 30.4 Å². The highest BCUT2D eigenvalue weighted by atomic mass is 19.1. The largest absolute Gasteiger partial charge is 0.490 e. The number of nitrogens with zero attached hydrogens (tertiary/aromatic N) is 3. The molecule has 2 N–H and O–H groups in total. The Hall–Kier alpha value is -2.72. The molecule has 0 bridgehead atoms. The fraction of sp³-hybridized carbons (Fsp3) is 0.552. The molecule has 208 valence electrons. The zero-order valence-corrected chi connectivity index (χ0v) is 22.7. The van der Waals surface area contributed by atoms with Crippen LogP contribution in [0.15, 0.2) is 42.5 Å². The molecule has 2 fully saturated rings. The number of ether oxygens (including phenoxy) is 2. The molecule has 0 spiro atoms. The van der Waals surface area contributed by atoms with Crippen molar-refractivity contribution in [3.63, 3.8) is 0 Å². The van der Waals surface area contributed by atoms with Gasteiger partial charge in [0.2, 0.25) is 5.91 Å². The van der Waals surface area contributed by atoms with Crippen LogP contribution >= 0.6 is 0 Å². The van der Waals surface area contributed by atoms with Crippen LogP contribution in [0, 0.1) is 19.7 Å². The van der Waals surface area contributed by atoms with Crippen LogP contribution in [-0.2, 0) is 9.53 Å². The van der Waals surface area contributed by atoms with Gasteiger partial charge in [-0.05, 0) is 68.1 Å². The third kappa shape index (κ3) is 7.22. The summed E-state index contributed by atoms with van der Waals surface area (Å²) in [6.45, 7) is 6.85. The number of piperidine rings is 1. The van der Waals surface area contributed by atoms with Gasteiger partial charge in [-0.25, -0.2) is 4.39 Å². The smallest absolute Gasteiger partial charge is 0.248 e. The average Bonchev–Trinajstić information content (AvgIpc) is 3.04. The highest BCUT2D eigenvalue weighted by Crippen LogP contribution is 2.29. The summed E-state index contributed by atoms with van der Waals surface area (Å²) in [6, 6.07) is 12.3. The van der Waals surface area contributed by atoms with Crippen molar-refractivity contribution >= 4 is 11.6 Å². The summed E-state index contributed by atoms with van der Waals surface area (Å²) in [6.07, 6.45) is 1.04. The Labute approximate surface area is 224 Å². The van der Waals surface area contributed by atoms with Gasteiger partial charge < -0.3 is 29.5 Å². The number of carbonyl (C=O) groups is 1. The van der Waals surface area contributed by atoms with Gasteiger partial charge in [-0.2, -0.15) is 0 Å². The number of hydrogen-bond donors (Lipinski definition) is 2. The summed E-state index contributed by atoms with van der Waals surface area (Å²) < 4.78 is 24.8. The van der Waals surface area contributed by atoms with E-state index >= 15 is 0 Å². The van der Waals surface area contributed by atoms with E-state index < -0.39 is 11.2 Å². The number of carbonyl (C=O) groups excluding carboxylic acids is 1. The Morgan fingerprint density at radius 3 is 2.42 bits per heavy atom. The monoisotopic (exact) mass is 529 g/mol. The third-order valence-electron chi connectivity index (χ3n) is 7.68. The maximum absolute atomic E-state index is 13.7. The van der Waals surface area contributed by atoms with E-state index in [9.17, 15) is 19.4 Å². The summed E-state index contributed by atoms with van der Waals surface area (Å²) in [4.78, 5) is 18.4. The summed E-state index contributed by atoms with van der Waals surface area (Å²) in [7, 11) is 1.47. The number of aliphatic hydroxyl groups is 2. The topological polar surface area (TPSA) is 85.7 Å². The highest BCUT2D eigenvalue weighted by molar-refractivity contribution is 5.77. The van der Waals surface area contributed by atoms with Crippen molar-refractivity contribution in [2.45, 2.75) is 37.9 Å². The Kier molecular flexibility index (Phi) is 8.92. The second kappa shape index (κ2) is 12.0. The number of β-amino-alcohol motifs (C(OH)–C–C–N with tert-alkyl or cyclic N) is 2. The van der Waals surface area contributed by atoms with E-state index in [0.29, 0.717) is 51.3 Å². The predicted octanol–water partition coefficient (Wildman–Crippen LogP) is 2.37. The molecule has 8 nitrogen and oxygen atoms in total. The van der Waals surface area contributed by atoms with Gasteiger partial charge in [0.05, 0.1) is 12.1 Å². The van der Waals surface area contributed by atoms with Gasteiger partial charge >= 0.3 is 0 Å². The van der Waals surface area contributed by atoms with Gasteiger partial charge in [0, 0.05) is 52.1 Å². The molecule has 1 amide bonds. The molecule has 0 unspecified atom stereocenters. The molecule has 0 radical (unpaired) electrons. The van der Waals surface area contributed by atoms with Crippen molar-refractivity contribution in [1.29, 1.82) is 0 Å². The van der Waals surface area contributed by atoms with E-state index in [-0.39, 0.29) is 38.0 Å². The second-order valence-corrected chi connectivity index (χ2v) is 10.9. The molecule has 2 aliphatic heterocycles. The summed E-state index contributed by atoms with van der Waals surface area (Å²) >= 11 is 0. The number of benzene rings is 2. The standard InChI is InChI=1S/C29H40FN3O5/c1-22-7-8-26(15-23(22)2)38-21-29(36)19-31(13-14-33(20-29)27(34)17-37-3)18-28(35)9-11-32(12-10-28)25-6-4-5-24(30)16-25/h4-8,15-16,35-36H,9-14,17-21H2,1-3H3/t29-/m1/s1. The normalized spacial score (nSPS) is 22.3. The molecule has 0 saturated carbocycles. The molecule has 2 saturated heterocycles. The fourth-order valence-electron chi connectivity index (χ4n) is 5.35. The van der Waals surface area contributed by atoms with E-state index in [1.165, 1.54) is 19.2 Å². The number of halogens is 1. The first-order valence-corrected chi connectivity index (χ1v) is 13.2. The Morgan fingerprint density at radius 1 is 0.974 bits per heavy atom. The lowest BCUT2D eigenvalue weighted by molar-refractivity contribution is -0.138. The summed E-state index contributed by atoms with van der Waals surface area (Å²) in [5, 5.41) is 23.2. The van der Waals surface area contributed by atoms with Crippen LogP contribution in [-0.4, -0.2) is 103 Å². The highest BCUT2D eigenvalue weighted by Gasteiger charge is 2.41. The maximum Gasteiger partial charge on any atom is 0.248 e. The summed E-state index contributed by atoms with van der Waals surface area (Å²) in [5.74, 6) is 0.194. The van der Waals surface area contributed by atoms with E-state index in [2.05, 4.69) is 4.90 Å². The van der Waals surface area contributed by atoms with Crippen molar-refractivity contribution in [2.75, 3.05) is 71.0 Å². The number of hydrogen-bond acceptors (Lipinski definition) is 7. The molecular weight excluding hydrogens is 489 g/mol. The molecule has 2 aromatic rings. The molecule has 4 rings (SSSR count). The zero-order chi connectivity index (χ0) is 27.3. The molecule has 2 heterocycles. The Balaban J connectivity index is 1.43. The number of aryl methyl sites for hydroxylation is 2. The molecule has 1 atom stereocenters. The van der Waals surface area contributed by atoms with Crippen LogP contribution in [0.5, 0.6) is 5.75 Å². The Bertz CT molecular complexity index is 1110. The first-order valence-electron chi connectivity index (χ1n) is 13.2. The van der Waals surface area contributed by atoms with E-state index in [0.717, 1.165) is 16.8 Å². The van der Waals surface area contributed by atoms with Crippen molar-refractivity contribution in [3.8, 4) is 5.75 Å². The lowest BCUT2D eigenvalue weighted by Gasteiger charge is -2.42. The molecular formula is C29H40FN3O5.